The first kappa shape index (κ1) is 18.6. The Morgan fingerprint density at radius 2 is 2.11 bits per heavy atom. The zero-order chi connectivity index (χ0) is 19.4. The fourth-order valence-corrected chi connectivity index (χ4v) is 2.74. The first-order chi connectivity index (χ1) is 12.9. The minimum Gasteiger partial charge on any atom is -0.457 e. The van der Waals surface area contributed by atoms with Crippen molar-refractivity contribution in [1.82, 2.24) is 9.78 Å². The maximum atomic E-state index is 12.2. The molecule has 0 unspecified atom stereocenters. The van der Waals surface area contributed by atoms with E-state index in [0.29, 0.717) is 5.75 Å². The van der Waals surface area contributed by atoms with Crippen LogP contribution in [0.25, 0.3) is 0 Å². The van der Waals surface area contributed by atoms with Gasteiger partial charge in [0.05, 0.1) is 27.3 Å². The third kappa shape index (κ3) is 5.14. The number of nitro groups is 1. The van der Waals surface area contributed by atoms with E-state index in [-0.39, 0.29) is 29.6 Å². The summed E-state index contributed by atoms with van der Waals surface area (Å²) in [5, 5.41) is 17.8. The summed E-state index contributed by atoms with van der Waals surface area (Å²) in [5.41, 5.74) is 1.08. The maximum absolute atomic E-state index is 12.2. The molecule has 0 aliphatic carbocycles. The van der Waals surface area contributed by atoms with Gasteiger partial charge in [-0.1, -0.05) is 12.1 Å². The number of aryl methyl sites for hydroxylation is 1. The molecule has 0 saturated carbocycles. The van der Waals surface area contributed by atoms with Crippen LogP contribution >= 0.6 is 15.9 Å². The largest absolute Gasteiger partial charge is 0.457 e. The Balaban J connectivity index is 1.80. The van der Waals surface area contributed by atoms with Crippen LogP contribution in [0.4, 0.5) is 11.4 Å². The number of carbonyl (C=O) groups is 1. The van der Waals surface area contributed by atoms with Crippen LogP contribution in [-0.4, -0.2) is 20.6 Å². The van der Waals surface area contributed by atoms with Gasteiger partial charge in [-0.3, -0.25) is 19.6 Å². The van der Waals surface area contributed by atoms with Crippen LogP contribution in [0, 0.1) is 17.0 Å². The molecule has 1 heterocycles. The zero-order valence-corrected chi connectivity index (χ0v) is 15.8. The topological polar surface area (TPSA) is 99.3 Å². The summed E-state index contributed by atoms with van der Waals surface area (Å²) < 4.78 is 7.91. The van der Waals surface area contributed by atoms with Crippen molar-refractivity contribution in [1.29, 1.82) is 0 Å². The first-order valence-corrected chi connectivity index (χ1v) is 8.70. The Morgan fingerprint density at radius 1 is 1.30 bits per heavy atom. The normalized spacial score (nSPS) is 10.4. The van der Waals surface area contributed by atoms with Crippen LogP contribution in [0.1, 0.15) is 5.56 Å². The molecule has 0 radical (unpaired) electrons. The number of hydrogen-bond donors (Lipinski definition) is 1. The number of ether oxygens (including phenoxy) is 1. The summed E-state index contributed by atoms with van der Waals surface area (Å²) >= 11 is 3.25. The third-order valence-corrected chi connectivity index (χ3v) is 3.93. The van der Waals surface area contributed by atoms with Crippen LogP contribution in [0.5, 0.6) is 11.5 Å². The lowest BCUT2D eigenvalue weighted by Gasteiger charge is -2.10. The van der Waals surface area contributed by atoms with Crippen LogP contribution in [0.2, 0.25) is 0 Å². The number of halogens is 1. The molecule has 138 valence electrons. The van der Waals surface area contributed by atoms with Crippen LogP contribution in [0.3, 0.4) is 0 Å². The van der Waals surface area contributed by atoms with Gasteiger partial charge in [0.2, 0.25) is 5.91 Å². The van der Waals surface area contributed by atoms with Gasteiger partial charge in [0, 0.05) is 18.3 Å². The third-order valence-electron chi connectivity index (χ3n) is 3.52. The van der Waals surface area contributed by atoms with Crippen molar-refractivity contribution in [2.24, 2.45) is 0 Å². The molecular formula is C18H15BrN4O4. The van der Waals surface area contributed by atoms with Crippen LogP contribution in [0.15, 0.2) is 59.3 Å². The zero-order valence-electron chi connectivity index (χ0n) is 14.3. The number of rotatable bonds is 6. The fraction of sp³-hybridized carbons (Fsp3) is 0.111. The van der Waals surface area contributed by atoms with E-state index in [0.717, 1.165) is 10.0 Å². The molecule has 27 heavy (non-hydrogen) atoms. The Labute approximate surface area is 163 Å². The number of aromatic nitrogens is 2. The van der Waals surface area contributed by atoms with Gasteiger partial charge >= 0.3 is 0 Å². The minimum atomic E-state index is -0.538. The molecule has 9 heteroatoms. The molecule has 0 fully saturated rings. The van der Waals surface area contributed by atoms with Gasteiger partial charge in [-0.25, -0.2) is 0 Å². The van der Waals surface area contributed by atoms with Crippen molar-refractivity contribution in [2.75, 3.05) is 5.32 Å². The van der Waals surface area contributed by atoms with Crippen molar-refractivity contribution >= 4 is 33.2 Å². The first-order valence-electron chi connectivity index (χ1n) is 7.91. The highest BCUT2D eigenvalue weighted by atomic mass is 79.9. The molecule has 1 amide bonds. The second-order valence-corrected chi connectivity index (χ2v) is 6.71. The van der Waals surface area contributed by atoms with E-state index in [1.807, 2.05) is 25.1 Å². The average molecular weight is 431 g/mol. The van der Waals surface area contributed by atoms with E-state index in [2.05, 4.69) is 26.3 Å². The van der Waals surface area contributed by atoms with Crippen molar-refractivity contribution in [3.63, 3.8) is 0 Å². The van der Waals surface area contributed by atoms with Gasteiger partial charge in [-0.2, -0.15) is 5.10 Å². The molecule has 3 aromatic rings. The van der Waals surface area contributed by atoms with Crippen LogP contribution < -0.4 is 10.1 Å². The highest BCUT2D eigenvalue weighted by molar-refractivity contribution is 9.10. The van der Waals surface area contributed by atoms with Gasteiger partial charge in [-0.05, 0) is 40.5 Å². The van der Waals surface area contributed by atoms with Crippen molar-refractivity contribution in [3.8, 4) is 11.5 Å². The quantitative estimate of drug-likeness (QED) is 0.464. The van der Waals surface area contributed by atoms with E-state index < -0.39 is 4.92 Å². The SMILES string of the molecule is Cc1cccc(Oc2cc(NC(=O)Cn3cc(Br)cn3)cc([N+](=O)[O-])c2)c1. The van der Waals surface area contributed by atoms with Gasteiger partial charge < -0.3 is 10.1 Å². The molecule has 3 rings (SSSR count). The summed E-state index contributed by atoms with van der Waals surface area (Å²) in [7, 11) is 0. The second-order valence-electron chi connectivity index (χ2n) is 5.80. The molecule has 0 spiro atoms. The molecule has 2 aromatic carbocycles. The molecule has 0 atom stereocenters. The van der Waals surface area contributed by atoms with Gasteiger partial charge in [0.1, 0.15) is 18.0 Å². The molecule has 0 saturated heterocycles. The van der Waals surface area contributed by atoms with E-state index in [4.69, 9.17) is 4.74 Å². The summed E-state index contributed by atoms with van der Waals surface area (Å²) in [6, 6.07) is 11.4. The van der Waals surface area contributed by atoms with E-state index in [1.54, 1.807) is 18.5 Å². The molecule has 0 aliphatic heterocycles. The Morgan fingerprint density at radius 3 is 2.78 bits per heavy atom. The number of amides is 1. The summed E-state index contributed by atoms with van der Waals surface area (Å²) in [4.78, 5) is 22.9. The Kier molecular flexibility index (Phi) is 5.51. The predicted octanol–water partition coefficient (Wildman–Crippen LogP) is 4.29. The number of hydrogen-bond acceptors (Lipinski definition) is 5. The average Bonchev–Trinajstić information content (AvgIpc) is 2.99. The standard InChI is InChI=1S/C18H15BrN4O4/c1-12-3-2-4-16(5-12)27-17-7-14(6-15(8-17)23(25)26)21-18(24)11-22-10-13(19)9-20-22/h2-10H,11H2,1H3,(H,21,24). The number of anilines is 1. The van der Waals surface area contributed by atoms with E-state index >= 15 is 0 Å². The van der Waals surface area contributed by atoms with E-state index in [9.17, 15) is 14.9 Å². The second kappa shape index (κ2) is 8.00. The number of nitrogens with one attached hydrogen (secondary N) is 1. The van der Waals surface area contributed by atoms with Crippen LogP contribution in [-0.2, 0) is 11.3 Å². The van der Waals surface area contributed by atoms with Gasteiger partial charge in [0.15, 0.2) is 0 Å². The van der Waals surface area contributed by atoms with E-state index in [1.165, 1.54) is 22.9 Å². The predicted molar refractivity (Wildman–Crippen MR) is 103 cm³/mol. The van der Waals surface area contributed by atoms with Gasteiger partial charge in [-0.15, -0.1) is 0 Å². The Hall–Kier alpha value is -3.20. The minimum absolute atomic E-state index is 0.0254. The number of nitrogens with zero attached hydrogens (tertiary/aromatic N) is 3. The maximum Gasteiger partial charge on any atom is 0.275 e. The fourth-order valence-electron chi connectivity index (χ4n) is 2.41. The number of benzene rings is 2. The monoisotopic (exact) mass is 430 g/mol. The highest BCUT2D eigenvalue weighted by Crippen LogP contribution is 2.30. The molecular weight excluding hydrogens is 416 g/mol. The smallest absolute Gasteiger partial charge is 0.275 e. The lowest BCUT2D eigenvalue weighted by atomic mass is 10.2. The lowest BCUT2D eigenvalue weighted by molar-refractivity contribution is -0.384. The van der Waals surface area contributed by atoms with Crippen molar-refractivity contribution < 1.29 is 14.5 Å². The Bertz CT molecular complexity index is 1000. The summed E-state index contributed by atoms with van der Waals surface area (Å²) in [6.07, 6.45) is 3.22. The highest BCUT2D eigenvalue weighted by Gasteiger charge is 2.14. The molecule has 1 aromatic heterocycles. The number of non-ortho nitro benzene ring substituents is 1. The van der Waals surface area contributed by atoms with Crippen molar-refractivity contribution in [3.05, 3.63) is 75.0 Å². The number of nitro benzene ring substituents is 1. The molecule has 0 aliphatic rings. The molecule has 1 N–H and O–H groups in total. The summed E-state index contributed by atoms with van der Waals surface area (Å²) in [5.74, 6) is 0.439. The van der Waals surface area contributed by atoms with Gasteiger partial charge in [0.25, 0.3) is 5.69 Å². The lowest BCUT2D eigenvalue weighted by Crippen LogP contribution is -2.19. The van der Waals surface area contributed by atoms with Crippen molar-refractivity contribution in [2.45, 2.75) is 13.5 Å². The molecule has 8 nitrogen and oxygen atoms in total. The molecule has 0 bridgehead atoms. The summed E-state index contributed by atoms with van der Waals surface area (Å²) in [6.45, 7) is 1.89. The number of carbonyl (C=O) groups excluding carboxylic acids is 1.